The Kier molecular flexibility index (Phi) is 2.31. The Morgan fingerprint density at radius 2 is 1.36 bits per heavy atom. The largest absolute Gasteiger partial charge is 0.316 e. The summed E-state index contributed by atoms with van der Waals surface area (Å²) in [7, 11) is 0. The zero-order valence-corrected chi connectivity index (χ0v) is 9.23. The fourth-order valence-corrected chi connectivity index (χ4v) is 3.98. The van der Waals surface area contributed by atoms with Crippen molar-refractivity contribution in [1.82, 2.24) is 5.32 Å². The van der Waals surface area contributed by atoms with Crippen LogP contribution in [0.2, 0.25) is 0 Å². The molecular formula is C13H23N. The predicted molar refractivity (Wildman–Crippen MR) is 59.2 cm³/mol. The van der Waals surface area contributed by atoms with E-state index >= 15 is 0 Å². The molecule has 2 aliphatic carbocycles. The highest BCUT2D eigenvalue weighted by Gasteiger charge is 2.41. The van der Waals surface area contributed by atoms with E-state index < -0.39 is 0 Å². The highest BCUT2D eigenvalue weighted by molar-refractivity contribution is 4.96. The zero-order valence-electron chi connectivity index (χ0n) is 9.23. The molecule has 1 heterocycles. The van der Waals surface area contributed by atoms with Crippen LogP contribution in [-0.2, 0) is 0 Å². The van der Waals surface area contributed by atoms with E-state index in [-0.39, 0.29) is 0 Å². The smallest absolute Gasteiger partial charge is 0.00202 e. The van der Waals surface area contributed by atoms with Gasteiger partial charge >= 0.3 is 0 Å². The molecule has 1 saturated heterocycles. The maximum absolute atomic E-state index is 3.46. The third-order valence-electron chi connectivity index (χ3n) is 5.16. The molecule has 1 spiro atoms. The van der Waals surface area contributed by atoms with E-state index in [2.05, 4.69) is 5.32 Å². The summed E-state index contributed by atoms with van der Waals surface area (Å²) in [4.78, 5) is 0. The summed E-state index contributed by atoms with van der Waals surface area (Å²) < 4.78 is 0. The second kappa shape index (κ2) is 3.52. The van der Waals surface area contributed by atoms with Gasteiger partial charge in [-0.1, -0.05) is 25.7 Å². The van der Waals surface area contributed by atoms with Crippen molar-refractivity contribution in [2.75, 3.05) is 13.1 Å². The van der Waals surface area contributed by atoms with Gasteiger partial charge in [-0.3, -0.25) is 0 Å². The van der Waals surface area contributed by atoms with Crippen molar-refractivity contribution in [3.05, 3.63) is 0 Å². The molecule has 0 atom stereocenters. The van der Waals surface area contributed by atoms with Crippen molar-refractivity contribution < 1.29 is 0 Å². The van der Waals surface area contributed by atoms with Gasteiger partial charge in [0, 0.05) is 13.1 Å². The third kappa shape index (κ3) is 1.50. The lowest BCUT2D eigenvalue weighted by molar-refractivity contribution is 0.0646. The molecule has 0 aromatic carbocycles. The van der Waals surface area contributed by atoms with E-state index in [4.69, 9.17) is 0 Å². The van der Waals surface area contributed by atoms with E-state index in [1.165, 1.54) is 38.8 Å². The molecule has 1 aliphatic heterocycles. The molecule has 3 aliphatic rings. The van der Waals surface area contributed by atoms with Crippen LogP contribution in [-0.4, -0.2) is 13.1 Å². The van der Waals surface area contributed by atoms with Crippen molar-refractivity contribution >= 4 is 0 Å². The zero-order chi connectivity index (χ0) is 9.43. The van der Waals surface area contributed by atoms with Crippen LogP contribution >= 0.6 is 0 Å². The molecule has 1 N–H and O–H groups in total. The second-order valence-corrected chi connectivity index (χ2v) is 5.99. The molecule has 0 unspecified atom stereocenters. The number of hydrogen-bond acceptors (Lipinski definition) is 1. The summed E-state index contributed by atoms with van der Waals surface area (Å²) in [5.41, 5.74) is 0.773. The summed E-state index contributed by atoms with van der Waals surface area (Å²) >= 11 is 0. The van der Waals surface area contributed by atoms with Crippen molar-refractivity contribution in [2.24, 2.45) is 17.3 Å². The number of nitrogens with one attached hydrogen (secondary N) is 1. The topological polar surface area (TPSA) is 12.0 Å². The Morgan fingerprint density at radius 3 is 1.86 bits per heavy atom. The SMILES string of the molecule is C1CCC(C2CCC3(CC2)CNC3)C1. The first-order valence-corrected chi connectivity index (χ1v) is 6.59. The van der Waals surface area contributed by atoms with E-state index in [0.717, 1.165) is 17.3 Å². The summed E-state index contributed by atoms with van der Waals surface area (Å²) in [5, 5.41) is 3.46. The van der Waals surface area contributed by atoms with E-state index in [1.54, 1.807) is 25.7 Å². The first kappa shape index (κ1) is 9.21. The van der Waals surface area contributed by atoms with Gasteiger partial charge in [0.2, 0.25) is 0 Å². The van der Waals surface area contributed by atoms with Crippen LogP contribution in [0.5, 0.6) is 0 Å². The summed E-state index contributed by atoms with van der Waals surface area (Å²) in [5.74, 6) is 2.24. The molecule has 0 bridgehead atoms. The highest BCUT2D eigenvalue weighted by Crippen LogP contribution is 2.46. The van der Waals surface area contributed by atoms with E-state index in [1.807, 2.05) is 0 Å². The van der Waals surface area contributed by atoms with Gasteiger partial charge in [-0.15, -0.1) is 0 Å². The molecule has 1 heteroatoms. The van der Waals surface area contributed by atoms with Gasteiger partial charge in [0.05, 0.1) is 0 Å². The van der Waals surface area contributed by atoms with Crippen LogP contribution in [0.4, 0.5) is 0 Å². The van der Waals surface area contributed by atoms with Crippen LogP contribution in [0, 0.1) is 17.3 Å². The molecule has 0 aromatic heterocycles. The maximum atomic E-state index is 3.46. The number of rotatable bonds is 1. The molecule has 0 amide bonds. The van der Waals surface area contributed by atoms with Gasteiger partial charge < -0.3 is 5.32 Å². The van der Waals surface area contributed by atoms with E-state index in [9.17, 15) is 0 Å². The Labute approximate surface area is 87.7 Å². The Morgan fingerprint density at radius 1 is 0.786 bits per heavy atom. The van der Waals surface area contributed by atoms with Crippen molar-refractivity contribution in [3.63, 3.8) is 0 Å². The van der Waals surface area contributed by atoms with Gasteiger partial charge in [-0.05, 0) is 42.9 Å². The lowest BCUT2D eigenvalue weighted by atomic mass is 9.64. The highest BCUT2D eigenvalue weighted by atomic mass is 15.0. The minimum Gasteiger partial charge on any atom is -0.316 e. The predicted octanol–water partition coefficient (Wildman–Crippen LogP) is 2.96. The summed E-state index contributed by atoms with van der Waals surface area (Å²) in [6.07, 6.45) is 12.3. The number of hydrogen-bond donors (Lipinski definition) is 1. The first-order chi connectivity index (χ1) is 6.88. The standard InChI is InChI=1S/C13H23N/c1-2-4-11(3-1)12-5-7-13(8-6-12)9-14-10-13/h11-12,14H,1-10H2. The molecule has 80 valence electrons. The minimum absolute atomic E-state index is 0.773. The lowest BCUT2D eigenvalue weighted by Gasteiger charge is -2.48. The summed E-state index contributed by atoms with van der Waals surface area (Å²) in [6.45, 7) is 2.65. The van der Waals surface area contributed by atoms with Crippen LogP contribution < -0.4 is 5.32 Å². The average Bonchev–Trinajstić information content (AvgIpc) is 2.68. The average molecular weight is 193 g/mol. The van der Waals surface area contributed by atoms with Crippen LogP contribution in [0.3, 0.4) is 0 Å². The molecule has 0 radical (unpaired) electrons. The third-order valence-corrected chi connectivity index (χ3v) is 5.16. The normalized spacial score (nSPS) is 33.4. The molecule has 3 rings (SSSR count). The minimum atomic E-state index is 0.773. The molecule has 0 aromatic rings. The monoisotopic (exact) mass is 193 g/mol. The van der Waals surface area contributed by atoms with Gasteiger partial charge in [0.1, 0.15) is 0 Å². The Bertz CT molecular complexity index is 191. The molecule has 2 saturated carbocycles. The quantitative estimate of drug-likeness (QED) is 0.675. The van der Waals surface area contributed by atoms with Gasteiger partial charge in [0.15, 0.2) is 0 Å². The Balaban J connectivity index is 1.54. The fraction of sp³-hybridized carbons (Fsp3) is 1.00. The molecule has 1 nitrogen and oxygen atoms in total. The second-order valence-electron chi connectivity index (χ2n) is 5.99. The van der Waals surface area contributed by atoms with Gasteiger partial charge in [-0.25, -0.2) is 0 Å². The fourth-order valence-electron chi connectivity index (χ4n) is 3.98. The van der Waals surface area contributed by atoms with Crippen LogP contribution in [0.1, 0.15) is 51.4 Å². The van der Waals surface area contributed by atoms with Crippen molar-refractivity contribution in [2.45, 2.75) is 51.4 Å². The van der Waals surface area contributed by atoms with Gasteiger partial charge in [0.25, 0.3) is 0 Å². The van der Waals surface area contributed by atoms with Crippen molar-refractivity contribution in [1.29, 1.82) is 0 Å². The van der Waals surface area contributed by atoms with Crippen molar-refractivity contribution in [3.8, 4) is 0 Å². The summed E-state index contributed by atoms with van der Waals surface area (Å²) in [6, 6.07) is 0. The lowest BCUT2D eigenvalue weighted by Crippen LogP contribution is -2.55. The van der Waals surface area contributed by atoms with Crippen LogP contribution in [0.15, 0.2) is 0 Å². The molecule has 3 fully saturated rings. The first-order valence-electron chi connectivity index (χ1n) is 6.59. The molecule has 14 heavy (non-hydrogen) atoms. The van der Waals surface area contributed by atoms with Crippen LogP contribution in [0.25, 0.3) is 0 Å². The Hall–Kier alpha value is -0.0400. The van der Waals surface area contributed by atoms with Gasteiger partial charge in [-0.2, -0.15) is 0 Å². The molecular weight excluding hydrogens is 170 g/mol. The van der Waals surface area contributed by atoms with E-state index in [0.29, 0.717) is 0 Å². The maximum Gasteiger partial charge on any atom is 0.00202 e.